The first kappa shape index (κ1) is 40.0. The van der Waals surface area contributed by atoms with Crippen molar-refractivity contribution in [2.24, 2.45) is 11.8 Å². The van der Waals surface area contributed by atoms with Crippen LogP contribution in [0.15, 0.2) is 61.4 Å². The number of nitrogens with zero attached hydrogens (tertiary/aromatic N) is 8. The third kappa shape index (κ3) is 8.85. The summed E-state index contributed by atoms with van der Waals surface area (Å²) in [5.74, 6) is 1.36. The lowest BCUT2D eigenvalue weighted by atomic mass is 9.95. The van der Waals surface area contributed by atoms with Crippen molar-refractivity contribution in [3.05, 3.63) is 67.3 Å². The first-order valence-electron chi connectivity index (χ1n) is 19.9. The molecule has 2 aliphatic heterocycles. The van der Waals surface area contributed by atoms with E-state index in [0.29, 0.717) is 49.5 Å². The van der Waals surface area contributed by atoms with Crippen LogP contribution in [0, 0.1) is 11.8 Å². The van der Waals surface area contributed by atoms with E-state index < -0.39 is 6.67 Å². The van der Waals surface area contributed by atoms with Gasteiger partial charge in [-0.3, -0.25) is 9.59 Å². The SMILES string of the molecule is CCC(=O)N1C[C@@H](C)C[C@@H](Nc2c(-c3ccnc(CF)n3)cnc3[nH]ccc23)C1.CCC(=O)N1C[C@@H](C)C[C@@H](Nc2c(-c3ccnc(OC)n3)cnc3[nH]ccc23)C1. The van der Waals surface area contributed by atoms with Crippen LogP contribution in [0.2, 0.25) is 0 Å². The molecule has 2 fully saturated rings. The molecule has 8 heterocycles. The molecule has 0 radical (unpaired) electrons. The summed E-state index contributed by atoms with van der Waals surface area (Å²) in [4.78, 5) is 60.7. The molecule has 0 unspecified atom stereocenters. The molecule has 58 heavy (non-hydrogen) atoms. The highest BCUT2D eigenvalue weighted by Gasteiger charge is 2.30. The summed E-state index contributed by atoms with van der Waals surface area (Å²) >= 11 is 0. The van der Waals surface area contributed by atoms with Crippen LogP contribution in [0.5, 0.6) is 6.01 Å². The van der Waals surface area contributed by atoms with Gasteiger partial charge in [-0.2, -0.15) is 4.98 Å². The van der Waals surface area contributed by atoms with Crippen LogP contribution in [-0.4, -0.2) is 107 Å². The number of fused-ring (bicyclic) bond motifs is 2. The van der Waals surface area contributed by atoms with Crippen molar-refractivity contribution in [3.63, 3.8) is 0 Å². The minimum atomic E-state index is -0.718. The van der Waals surface area contributed by atoms with E-state index >= 15 is 0 Å². The summed E-state index contributed by atoms with van der Waals surface area (Å²) in [6.07, 6.45) is 13.5. The minimum Gasteiger partial charge on any atom is -0.467 e. The molecule has 0 aromatic carbocycles. The summed E-state index contributed by atoms with van der Waals surface area (Å²) in [5.41, 5.74) is 6.45. The molecule has 6 aromatic rings. The topological polar surface area (TPSA) is 183 Å². The molecule has 4 atom stereocenters. The number of carbonyl (C=O) groups is 2. The van der Waals surface area contributed by atoms with Gasteiger partial charge in [0.1, 0.15) is 18.0 Å². The summed E-state index contributed by atoms with van der Waals surface area (Å²) in [7, 11) is 1.55. The highest BCUT2D eigenvalue weighted by atomic mass is 19.1. The molecular formula is C42H51FN12O3. The Bertz CT molecular complexity index is 2200. The Morgan fingerprint density at radius 3 is 1.72 bits per heavy atom. The van der Waals surface area contributed by atoms with E-state index in [-0.39, 0.29) is 29.7 Å². The fourth-order valence-electron chi connectivity index (χ4n) is 8.09. The van der Waals surface area contributed by atoms with Gasteiger partial charge in [0.2, 0.25) is 11.8 Å². The number of nitrogens with one attached hydrogen (secondary N) is 4. The second-order valence-corrected chi connectivity index (χ2v) is 15.2. The van der Waals surface area contributed by atoms with Gasteiger partial charge in [-0.25, -0.2) is 29.3 Å². The third-order valence-corrected chi connectivity index (χ3v) is 10.7. The fraction of sp³-hybridized carbons (Fsp3) is 0.429. The van der Waals surface area contributed by atoms with Gasteiger partial charge < -0.3 is 35.1 Å². The molecule has 6 aromatic heterocycles. The smallest absolute Gasteiger partial charge is 0.316 e. The summed E-state index contributed by atoms with van der Waals surface area (Å²) in [5, 5.41) is 9.28. The normalized spacial score (nSPS) is 19.4. The number of anilines is 2. The lowest BCUT2D eigenvalue weighted by molar-refractivity contribution is -0.133. The molecule has 2 saturated heterocycles. The number of aromatic amines is 2. The third-order valence-electron chi connectivity index (χ3n) is 10.7. The van der Waals surface area contributed by atoms with Crippen molar-refractivity contribution in [2.45, 2.75) is 72.1 Å². The van der Waals surface area contributed by atoms with Crippen LogP contribution in [-0.2, 0) is 16.3 Å². The molecule has 304 valence electrons. The number of hydrogen-bond acceptors (Lipinski definition) is 11. The summed E-state index contributed by atoms with van der Waals surface area (Å²) in [6, 6.07) is 8.15. The van der Waals surface area contributed by atoms with Gasteiger partial charge in [-0.15, -0.1) is 0 Å². The molecule has 4 N–H and O–H groups in total. The molecule has 8 rings (SSSR count). The number of piperidine rings is 2. The molecule has 0 saturated carbocycles. The second-order valence-electron chi connectivity index (χ2n) is 15.2. The van der Waals surface area contributed by atoms with E-state index in [2.05, 4.69) is 64.4 Å². The standard InChI is InChI=1S/C21H25FN6O.C21H26N6O2/c1-3-19(29)28-11-13(2)8-14(12-28)26-20-15-4-6-24-21(15)25-10-16(20)17-5-7-23-18(9-22)27-17;1-4-18(28)27-11-13(2)9-14(12-27)25-19-15-5-7-22-20(15)24-10-16(19)17-6-8-23-21(26-17)29-3/h4-7,10,13-14H,3,8-9,11-12H2,1-2H3,(H2,24,25,26);5-8,10,13-14H,4,9,11-12H2,1-3H3,(H2,22,24,25)/t2*13-,14+/m00/s1. The predicted molar refractivity (Wildman–Crippen MR) is 222 cm³/mol. The number of H-pyrrole nitrogens is 2. The maximum atomic E-state index is 13.1. The van der Waals surface area contributed by atoms with E-state index in [1.54, 1.807) is 31.8 Å². The van der Waals surface area contributed by atoms with E-state index in [1.807, 2.05) is 60.4 Å². The highest BCUT2D eigenvalue weighted by Crippen LogP contribution is 2.36. The largest absolute Gasteiger partial charge is 0.467 e. The number of alkyl halides is 1. The van der Waals surface area contributed by atoms with Gasteiger partial charge in [-0.05, 0) is 48.9 Å². The highest BCUT2D eigenvalue weighted by molar-refractivity contribution is 5.98. The summed E-state index contributed by atoms with van der Waals surface area (Å²) < 4.78 is 18.3. The van der Waals surface area contributed by atoms with E-state index in [1.165, 1.54) is 0 Å². The van der Waals surface area contributed by atoms with Gasteiger partial charge in [0.15, 0.2) is 5.82 Å². The van der Waals surface area contributed by atoms with Crippen LogP contribution < -0.4 is 15.4 Å². The Labute approximate surface area is 336 Å². The van der Waals surface area contributed by atoms with Crippen LogP contribution in [0.4, 0.5) is 15.8 Å². The Morgan fingerprint density at radius 2 is 1.24 bits per heavy atom. The molecule has 15 nitrogen and oxygen atoms in total. The number of carbonyl (C=O) groups excluding carboxylic acids is 2. The Hall–Kier alpha value is -6.19. The quantitative estimate of drug-likeness (QED) is 0.117. The fourth-order valence-corrected chi connectivity index (χ4v) is 8.09. The van der Waals surface area contributed by atoms with Gasteiger partial charge in [0.25, 0.3) is 0 Å². The first-order valence-corrected chi connectivity index (χ1v) is 19.9. The van der Waals surface area contributed by atoms with Crippen molar-refractivity contribution < 1.29 is 18.7 Å². The lowest BCUT2D eigenvalue weighted by Crippen LogP contribution is -2.48. The van der Waals surface area contributed by atoms with Gasteiger partial charge >= 0.3 is 6.01 Å². The number of pyridine rings is 2. The van der Waals surface area contributed by atoms with E-state index in [4.69, 9.17) is 4.74 Å². The van der Waals surface area contributed by atoms with Gasteiger partial charge in [0, 0.05) is 110 Å². The number of likely N-dealkylation sites (tertiary alicyclic amines) is 2. The van der Waals surface area contributed by atoms with Crippen molar-refractivity contribution in [3.8, 4) is 28.5 Å². The van der Waals surface area contributed by atoms with Gasteiger partial charge in [-0.1, -0.05) is 27.7 Å². The van der Waals surface area contributed by atoms with Crippen molar-refractivity contribution in [1.82, 2.24) is 49.7 Å². The van der Waals surface area contributed by atoms with Crippen LogP contribution in [0.1, 0.15) is 59.2 Å². The van der Waals surface area contributed by atoms with Crippen LogP contribution in [0.25, 0.3) is 44.6 Å². The molecule has 16 heteroatoms. The number of hydrogen-bond donors (Lipinski definition) is 4. The van der Waals surface area contributed by atoms with Gasteiger partial charge in [0.05, 0.1) is 29.9 Å². The monoisotopic (exact) mass is 790 g/mol. The number of methoxy groups -OCH3 is 1. The number of halogens is 1. The molecule has 2 aliphatic rings. The van der Waals surface area contributed by atoms with Crippen LogP contribution in [0.3, 0.4) is 0 Å². The molecule has 0 spiro atoms. The maximum Gasteiger partial charge on any atom is 0.316 e. The van der Waals surface area contributed by atoms with E-state index in [9.17, 15) is 14.0 Å². The molecule has 0 bridgehead atoms. The Kier molecular flexibility index (Phi) is 12.4. The average molecular weight is 791 g/mol. The zero-order valence-electron chi connectivity index (χ0n) is 33.6. The minimum absolute atomic E-state index is 0.107. The van der Waals surface area contributed by atoms with E-state index in [0.717, 1.165) is 76.2 Å². The number of ether oxygens (including phenoxy) is 1. The molecular weight excluding hydrogens is 740 g/mol. The van der Waals surface area contributed by atoms with Crippen molar-refractivity contribution in [1.29, 1.82) is 0 Å². The number of aromatic nitrogens is 8. The predicted octanol–water partition coefficient (Wildman–Crippen LogP) is 6.64. The van der Waals surface area contributed by atoms with Crippen molar-refractivity contribution >= 4 is 45.3 Å². The zero-order chi connectivity index (χ0) is 40.8. The summed E-state index contributed by atoms with van der Waals surface area (Å²) in [6.45, 7) is 10.4. The van der Waals surface area contributed by atoms with Crippen molar-refractivity contribution in [2.75, 3.05) is 43.9 Å². The number of rotatable bonds is 10. The maximum absolute atomic E-state index is 13.1. The number of amides is 2. The average Bonchev–Trinajstić information content (AvgIpc) is 3.94. The van der Waals surface area contributed by atoms with Crippen LogP contribution >= 0.6 is 0 Å². The first-order chi connectivity index (χ1) is 28.2. The zero-order valence-corrected chi connectivity index (χ0v) is 33.6. The molecule has 2 amide bonds. The molecule has 0 aliphatic carbocycles. The lowest BCUT2D eigenvalue weighted by Gasteiger charge is -2.37. The second kappa shape index (κ2) is 17.9. The Balaban J connectivity index is 0.000000177. The Morgan fingerprint density at radius 1 is 0.741 bits per heavy atom.